The first kappa shape index (κ1) is 14.2. The van der Waals surface area contributed by atoms with Gasteiger partial charge in [0.15, 0.2) is 0 Å². The lowest BCUT2D eigenvalue weighted by Gasteiger charge is -2.06. The molecule has 0 fully saturated rings. The molecule has 1 heterocycles. The number of nitrogens with one attached hydrogen (secondary N) is 1. The van der Waals surface area contributed by atoms with Crippen molar-refractivity contribution in [3.63, 3.8) is 0 Å². The van der Waals surface area contributed by atoms with Crippen molar-refractivity contribution in [2.24, 2.45) is 0 Å². The molecule has 0 aliphatic rings. The van der Waals surface area contributed by atoms with Crippen molar-refractivity contribution in [3.05, 3.63) is 55.2 Å². The molecule has 0 radical (unpaired) electrons. The Bertz CT molecular complexity index is 525. The highest BCUT2D eigenvalue weighted by molar-refractivity contribution is 7.16. The van der Waals surface area contributed by atoms with Crippen LogP contribution in [-0.2, 0) is 13.0 Å². The first-order chi connectivity index (χ1) is 8.65. The minimum absolute atomic E-state index is 0.709. The Morgan fingerprint density at radius 2 is 1.89 bits per heavy atom. The summed E-state index contributed by atoms with van der Waals surface area (Å²) in [6.07, 6.45) is 0.968. The predicted molar refractivity (Wildman–Crippen MR) is 81.2 cm³/mol. The summed E-state index contributed by atoms with van der Waals surface area (Å²) in [6.45, 7) is 1.61. The van der Waals surface area contributed by atoms with Crippen LogP contribution in [0, 0.1) is 0 Å². The van der Waals surface area contributed by atoms with Crippen molar-refractivity contribution < 1.29 is 0 Å². The van der Waals surface area contributed by atoms with Crippen molar-refractivity contribution in [1.82, 2.24) is 5.32 Å². The van der Waals surface area contributed by atoms with Crippen LogP contribution in [0.1, 0.15) is 10.4 Å². The summed E-state index contributed by atoms with van der Waals surface area (Å²) >= 11 is 19.5. The second-order valence-electron chi connectivity index (χ2n) is 3.87. The standard InChI is InChI=1S/C13H12Cl3NS/c14-10-1-3-12(15)9(7-10)8-17-6-5-11-2-4-13(16)18-11/h1-4,7,17H,5-6,8H2. The molecule has 1 N–H and O–H groups in total. The quantitative estimate of drug-likeness (QED) is 0.761. The van der Waals surface area contributed by atoms with E-state index in [0.717, 1.165) is 34.4 Å². The van der Waals surface area contributed by atoms with Gasteiger partial charge in [-0.05, 0) is 42.3 Å². The Morgan fingerprint density at radius 3 is 2.61 bits per heavy atom. The second-order valence-corrected chi connectivity index (χ2v) is 6.51. The topological polar surface area (TPSA) is 12.0 Å². The van der Waals surface area contributed by atoms with E-state index in [1.54, 1.807) is 17.4 Å². The number of hydrogen-bond acceptors (Lipinski definition) is 2. The van der Waals surface area contributed by atoms with Crippen molar-refractivity contribution in [2.75, 3.05) is 6.54 Å². The van der Waals surface area contributed by atoms with E-state index in [0.29, 0.717) is 5.02 Å². The zero-order chi connectivity index (χ0) is 13.0. The van der Waals surface area contributed by atoms with Crippen LogP contribution >= 0.6 is 46.1 Å². The molecule has 0 aliphatic carbocycles. The SMILES string of the molecule is Clc1ccc(Cl)c(CNCCc2ccc(Cl)s2)c1. The molecule has 2 aromatic rings. The molecule has 1 aromatic carbocycles. The Labute approximate surface area is 126 Å². The molecule has 0 saturated heterocycles. The fourth-order valence-electron chi connectivity index (χ4n) is 1.60. The molecular formula is C13H12Cl3NS. The summed E-state index contributed by atoms with van der Waals surface area (Å²) in [5, 5.41) is 4.80. The average molecular weight is 321 g/mol. The van der Waals surface area contributed by atoms with Crippen molar-refractivity contribution >= 4 is 46.1 Å². The lowest BCUT2D eigenvalue weighted by Crippen LogP contribution is -2.16. The summed E-state index contributed by atoms with van der Waals surface area (Å²) < 4.78 is 0.836. The summed E-state index contributed by atoms with van der Waals surface area (Å²) in [7, 11) is 0. The Hall–Kier alpha value is -0.250. The largest absolute Gasteiger partial charge is 0.312 e. The van der Waals surface area contributed by atoms with Gasteiger partial charge >= 0.3 is 0 Å². The zero-order valence-corrected chi connectivity index (χ0v) is 12.6. The van der Waals surface area contributed by atoms with Gasteiger partial charge in [-0.3, -0.25) is 0 Å². The lowest BCUT2D eigenvalue weighted by atomic mass is 10.2. The van der Waals surface area contributed by atoms with Gasteiger partial charge in [0.05, 0.1) is 4.34 Å². The number of benzene rings is 1. The van der Waals surface area contributed by atoms with Gasteiger partial charge in [-0.15, -0.1) is 11.3 Å². The van der Waals surface area contributed by atoms with E-state index < -0.39 is 0 Å². The molecule has 0 saturated carbocycles. The molecular weight excluding hydrogens is 309 g/mol. The molecule has 0 atom stereocenters. The lowest BCUT2D eigenvalue weighted by molar-refractivity contribution is 0.691. The Kier molecular flexibility index (Phi) is 5.34. The maximum absolute atomic E-state index is 6.08. The van der Waals surface area contributed by atoms with E-state index in [-0.39, 0.29) is 0 Å². The zero-order valence-electron chi connectivity index (χ0n) is 9.55. The van der Waals surface area contributed by atoms with E-state index in [1.165, 1.54) is 4.88 Å². The monoisotopic (exact) mass is 319 g/mol. The second kappa shape index (κ2) is 6.78. The highest BCUT2D eigenvalue weighted by Gasteiger charge is 2.02. The summed E-state index contributed by atoms with van der Waals surface area (Å²) in [6, 6.07) is 9.48. The van der Waals surface area contributed by atoms with Crippen LogP contribution in [0.5, 0.6) is 0 Å². The van der Waals surface area contributed by atoms with Gasteiger partial charge < -0.3 is 5.32 Å². The van der Waals surface area contributed by atoms with Crippen LogP contribution in [0.15, 0.2) is 30.3 Å². The molecule has 2 rings (SSSR count). The number of rotatable bonds is 5. The van der Waals surface area contributed by atoms with Gasteiger partial charge in [-0.25, -0.2) is 0 Å². The third-order valence-electron chi connectivity index (χ3n) is 2.50. The molecule has 96 valence electrons. The number of halogens is 3. The van der Waals surface area contributed by atoms with Crippen LogP contribution in [-0.4, -0.2) is 6.54 Å². The highest BCUT2D eigenvalue weighted by Crippen LogP contribution is 2.22. The van der Waals surface area contributed by atoms with Gasteiger partial charge in [-0.2, -0.15) is 0 Å². The van der Waals surface area contributed by atoms with Crippen LogP contribution < -0.4 is 5.32 Å². The van der Waals surface area contributed by atoms with E-state index in [9.17, 15) is 0 Å². The van der Waals surface area contributed by atoms with Gasteiger partial charge in [0.1, 0.15) is 0 Å². The van der Waals surface area contributed by atoms with Crippen LogP contribution in [0.2, 0.25) is 14.4 Å². The average Bonchev–Trinajstić information content (AvgIpc) is 2.75. The fraction of sp³-hybridized carbons (Fsp3) is 0.231. The van der Waals surface area contributed by atoms with Crippen molar-refractivity contribution in [1.29, 1.82) is 0 Å². The molecule has 0 unspecified atom stereocenters. The molecule has 0 aliphatic heterocycles. The number of hydrogen-bond donors (Lipinski definition) is 1. The maximum Gasteiger partial charge on any atom is 0.0931 e. The fourth-order valence-corrected chi connectivity index (χ4v) is 3.07. The molecule has 1 nitrogen and oxygen atoms in total. The van der Waals surface area contributed by atoms with Gasteiger partial charge in [0.25, 0.3) is 0 Å². The minimum atomic E-state index is 0.709. The minimum Gasteiger partial charge on any atom is -0.312 e. The highest BCUT2D eigenvalue weighted by atomic mass is 35.5. The normalized spacial score (nSPS) is 10.8. The molecule has 1 aromatic heterocycles. The van der Waals surface area contributed by atoms with E-state index in [4.69, 9.17) is 34.8 Å². The first-order valence-corrected chi connectivity index (χ1v) is 7.49. The first-order valence-electron chi connectivity index (χ1n) is 5.54. The third kappa shape index (κ3) is 4.15. The summed E-state index contributed by atoms with van der Waals surface area (Å²) in [5.41, 5.74) is 1.02. The Morgan fingerprint density at radius 1 is 1.06 bits per heavy atom. The number of thiophene rings is 1. The van der Waals surface area contributed by atoms with Crippen molar-refractivity contribution in [2.45, 2.75) is 13.0 Å². The van der Waals surface area contributed by atoms with Gasteiger partial charge in [-0.1, -0.05) is 34.8 Å². The van der Waals surface area contributed by atoms with Gasteiger partial charge in [0, 0.05) is 28.0 Å². The Balaban J connectivity index is 1.80. The van der Waals surface area contributed by atoms with Crippen LogP contribution in [0.4, 0.5) is 0 Å². The maximum atomic E-state index is 6.08. The van der Waals surface area contributed by atoms with Crippen molar-refractivity contribution in [3.8, 4) is 0 Å². The molecule has 0 spiro atoms. The van der Waals surface area contributed by atoms with Crippen LogP contribution in [0.3, 0.4) is 0 Å². The summed E-state index contributed by atoms with van der Waals surface area (Å²) in [5.74, 6) is 0. The van der Waals surface area contributed by atoms with E-state index >= 15 is 0 Å². The smallest absolute Gasteiger partial charge is 0.0931 e. The molecule has 0 amide bonds. The summed E-state index contributed by atoms with van der Waals surface area (Å²) in [4.78, 5) is 1.28. The van der Waals surface area contributed by atoms with Crippen LogP contribution in [0.25, 0.3) is 0 Å². The molecule has 5 heteroatoms. The molecule has 18 heavy (non-hydrogen) atoms. The predicted octanol–water partition coefficient (Wildman–Crippen LogP) is 5.04. The molecule has 0 bridgehead atoms. The van der Waals surface area contributed by atoms with E-state index in [2.05, 4.69) is 11.4 Å². The van der Waals surface area contributed by atoms with E-state index in [1.807, 2.05) is 18.2 Å². The van der Waals surface area contributed by atoms with Gasteiger partial charge in [0.2, 0.25) is 0 Å². The third-order valence-corrected chi connectivity index (χ3v) is 4.39.